The number of halogens is 3. The molecule has 1 N–H and O–H groups in total. The van der Waals surface area contributed by atoms with Crippen LogP contribution in [0, 0.1) is 12.8 Å². The summed E-state index contributed by atoms with van der Waals surface area (Å²) >= 11 is -0.606. The molecular formula is C13H18F3O6PS2. The van der Waals surface area contributed by atoms with Gasteiger partial charge in [0.25, 0.3) is 10.1 Å². The molecule has 0 radical (unpaired) electrons. The van der Waals surface area contributed by atoms with E-state index in [-0.39, 0.29) is 18.1 Å². The van der Waals surface area contributed by atoms with Gasteiger partial charge in [-0.25, -0.2) is 0 Å². The van der Waals surface area contributed by atoms with Crippen LogP contribution in [-0.4, -0.2) is 31.8 Å². The molecule has 1 rings (SSSR count). The Morgan fingerprint density at radius 2 is 1.92 bits per heavy atom. The summed E-state index contributed by atoms with van der Waals surface area (Å²) in [4.78, 5) is 8.28. The number of alkyl halides is 3. The van der Waals surface area contributed by atoms with Crippen LogP contribution in [0.1, 0.15) is 19.4 Å². The van der Waals surface area contributed by atoms with E-state index in [4.69, 9.17) is 4.52 Å². The Kier molecular flexibility index (Phi) is 7.55. The van der Waals surface area contributed by atoms with Gasteiger partial charge in [0.2, 0.25) is 0 Å². The van der Waals surface area contributed by atoms with Gasteiger partial charge in [0.15, 0.2) is 6.35 Å². The fourth-order valence-corrected chi connectivity index (χ4v) is 5.32. The van der Waals surface area contributed by atoms with Gasteiger partial charge in [0.1, 0.15) is 4.90 Å². The van der Waals surface area contributed by atoms with E-state index in [2.05, 4.69) is 4.18 Å². The van der Waals surface area contributed by atoms with Crippen molar-refractivity contribution in [2.45, 2.75) is 36.1 Å². The van der Waals surface area contributed by atoms with Crippen molar-refractivity contribution in [3.05, 3.63) is 23.8 Å². The summed E-state index contributed by atoms with van der Waals surface area (Å²) in [7, 11) is -9.06. The predicted molar refractivity (Wildman–Crippen MR) is 86.8 cm³/mol. The zero-order chi connectivity index (χ0) is 19.5. The van der Waals surface area contributed by atoms with Crippen molar-refractivity contribution >= 4 is 29.5 Å². The second kappa shape index (κ2) is 8.41. The first-order chi connectivity index (χ1) is 11.2. The number of hydrogen-bond donors (Lipinski definition) is 1. The summed E-state index contributed by atoms with van der Waals surface area (Å²) in [6.45, 7) is 4.62. The zero-order valence-electron chi connectivity index (χ0n) is 13.6. The maximum absolute atomic E-state index is 12.6. The van der Waals surface area contributed by atoms with Crippen molar-refractivity contribution < 1.29 is 39.8 Å². The highest BCUT2D eigenvalue weighted by Gasteiger charge is 2.35. The van der Waals surface area contributed by atoms with Crippen LogP contribution in [0.25, 0.3) is 0 Å². The maximum Gasteiger partial charge on any atom is 0.446 e. The number of benzene rings is 1. The minimum Gasteiger partial charge on any atom is -0.323 e. The first kappa shape index (κ1) is 22.5. The average Bonchev–Trinajstić information content (AvgIpc) is 2.41. The van der Waals surface area contributed by atoms with Crippen LogP contribution in [0.3, 0.4) is 0 Å². The van der Waals surface area contributed by atoms with E-state index >= 15 is 0 Å². The van der Waals surface area contributed by atoms with Crippen LogP contribution < -0.4 is 0 Å². The second-order valence-corrected chi connectivity index (χ2v) is 9.93. The molecule has 1 aromatic carbocycles. The lowest BCUT2D eigenvalue weighted by atomic mass is 10.2. The largest absolute Gasteiger partial charge is 0.446 e. The molecule has 0 fully saturated rings. The quantitative estimate of drug-likeness (QED) is 0.383. The maximum atomic E-state index is 12.6. The molecule has 0 aliphatic carbocycles. The Bertz CT molecular complexity index is 749. The molecule has 144 valence electrons. The van der Waals surface area contributed by atoms with Gasteiger partial charge in [-0.15, -0.1) is 0 Å². The van der Waals surface area contributed by atoms with E-state index in [1.165, 1.54) is 19.1 Å². The topological polar surface area (TPSA) is 89.9 Å². The minimum absolute atomic E-state index is 0.0186. The van der Waals surface area contributed by atoms with E-state index in [0.29, 0.717) is 0 Å². The number of aryl methyl sites for hydroxylation is 1. The molecule has 1 atom stereocenters. The molecule has 0 bridgehead atoms. The Morgan fingerprint density at radius 3 is 2.44 bits per heavy atom. The molecule has 0 heterocycles. The van der Waals surface area contributed by atoms with Crippen LogP contribution in [-0.2, 0) is 23.4 Å². The van der Waals surface area contributed by atoms with Gasteiger partial charge in [0, 0.05) is 4.90 Å². The molecule has 0 aromatic heterocycles. The lowest BCUT2D eigenvalue weighted by Gasteiger charge is -2.16. The molecule has 0 aliphatic heterocycles. The normalized spacial score (nSPS) is 15.4. The van der Waals surface area contributed by atoms with Crippen LogP contribution in [0.15, 0.2) is 28.0 Å². The van der Waals surface area contributed by atoms with Crippen molar-refractivity contribution in [2.75, 3.05) is 13.0 Å². The van der Waals surface area contributed by atoms with E-state index in [0.717, 1.165) is 6.07 Å². The molecule has 25 heavy (non-hydrogen) atoms. The van der Waals surface area contributed by atoms with Gasteiger partial charge in [-0.3, -0.25) is 8.75 Å². The number of rotatable bonds is 8. The monoisotopic (exact) mass is 422 g/mol. The average molecular weight is 422 g/mol. The van der Waals surface area contributed by atoms with E-state index in [1.807, 2.05) is 0 Å². The Morgan fingerprint density at radius 1 is 1.32 bits per heavy atom. The Labute approximate surface area is 148 Å². The Balaban J connectivity index is 3.05. The lowest BCUT2D eigenvalue weighted by molar-refractivity contribution is -0.0329. The van der Waals surface area contributed by atoms with Gasteiger partial charge >= 0.3 is 13.1 Å². The third-order valence-corrected chi connectivity index (χ3v) is 6.21. The fraction of sp³-hybridized carbons (Fsp3) is 0.538. The number of hydrogen-bond acceptors (Lipinski definition) is 6. The van der Waals surface area contributed by atoms with Crippen LogP contribution >= 0.6 is 19.4 Å². The Hall–Kier alpha value is -0.580. The lowest BCUT2D eigenvalue weighted by Crippen LogP contribution is -2.13. The molecule has 0 saturated carbocycles. The van der Waals surface area contributed by atoms with Crippen LogP contribution in [0.4, 0.5) is 13.2 Å². The van der Waals surface area contributed by atoms with E-state index in [9.17, 15) is 31.0 Å². The molecule has 0 aliphatic rings. The van der Waals surface area contributed by atoms with Gasteiger partial charge in [-0.2, -0.15) is 21.6 Å². The van der Waals surface area contributed by atoms with Gasteiger partial charge in [0.05, 0.1) is 6.61 Å². The third kappa shape index (κ3) is 7.67. The predicted octanol–water partition coefficient (Wildman–Crippen LogP) is 4.13. The molecular weight excluding hydrogens is 404 g/mol. The number of thioether (sulfide) groups is 1. The van der Waals surface area contributed by atoms with Crippen molar-refractivity contribution in [1.29, 1.82) is 0 Å². The molecule has 0 saturated heterocycles. The molecule has 1 unspecified atom stereocenters. The van der Waals surface area contributed by atoms with E-state index < -0.39 is 51.1 Å². The van der Waals surface area contributed by atoms with Gasteiger partial charge in [-0.1, -0.05) is 26.0 Å². The summed E-state index contributed by atoms with van der Waals surface area (Å²) in [5.74, 6) is -0.0803. The van der Waals surface area contributed by atoms with Crippen molar-refractivity contribution in [2.24, 2.45) is 5.92 Å². The molecule has 0 spiro atoms. The van der Waals surface area contributed by atoms with Gasteiger partial charge in [-0.05, 0) is 36.2 Å². The van der Waals surface area contributed by atoms with Crippen molar-refractivity contribution in [1.82, 2.24) is 0 Å². The smallest absolute Gasteiger partial charge is 0.323 e. The highest BCUT2D eigenvalue weighted by Crippen LogP contribution is 2.45. The van der Waals surface area contributed by atoms with Crippen molar-refractivity contribution in [3.8, 4) is 0 Å². The molecule has 6 nitrogen and oxygen atoms in total. The summed E-state index contributed by atoms with van der Waals surface area (Å²) in [6, 6.07) is 3.55. The second-order valence-electron chi connectivity index (χ2n) is 5.48. The van der Waals surface area contributed by atoms with Crippen LogP contribution in [0.5, 0.6) is 0 Å². The summed E-state index contributed by atoms with van der Waals surface area (Å²) in [6.07, 6.45) is -1.19. The molecule has 0 amide bonds. The standard InChI is InChI=1S/C13H18F3O6PS2/c1-9(2)7-21-23(17,18)8-22-25(19,20)12-10(3)5-4-6-11(12)24-13(14,15)16/h4-6,9H,7-8H2,1-3H3,(H,17,18). The molecule has 1 aromatic rings. The first-order valence-corrected chi connectivity index (χ1v) is 10.9. The fourth-order valence-electron chi connectivity index (χ4n) is 1.65. The van der Waals surface area contributed by atoms with Crippen molar-refractivity contribution in [3.63, 3.8) is 0 Å². The summed E-state index contributed by atoms with van der Waals surface area (Å²) in [5.41, 5.74) is -4.69. The SMILES string of the molecule is Cc1cccc(SC(F)(F)F)c1S(=O)(=O)OCP(=O)(O)OCC(C)C. The summed E-state index contributed by atoms with van der Waals surface area (Å²) in [5, 5.41) is 0. The third-order valence-electron chi connectivity index (χ3n) is 2.63. The molecule has 12 heteroatoms. The van der Waals surface area contributed by atoms with E-state index in [1.54, 1.807) is 13.8 Å². The highest BCUT2D eigenvalue weighted by molar-refractivity contribution is 8.00. The highest BCUT2D eigenvalue weighted by atomic mass is 32.2. The van der Waals surface area contributed by atoms with Gasteiger partial charge < -0.3 is 9.42 Å². The zero-order valence-corrected chi connectivity index (χ0v) is 16.1. The first-order valence-electron chi connectivity index (χ1n) is 6.95. The minimum atomic E-state index is -4.70. The summed E-state index contributed by atoms with van der Waals surface area (Å²) < 4.78 is 83.3. The van der Waals surface area contributed by atoms with Crippen LogP contribution in [0.2, 0.25) is 0 Å².